The lowest BCUT2D eigenvalue weighted by Gasteiger charge is -2.51. The third-order valence-electron chi connectivity index (χ3n) is 13.8. The van der Waals surface area contributed by atoms with Gasteiger partial charge in [-0.1, -0.05) is 6.08 Å². The molecule has 0 aliphatic carbocycles. The highest BCUT2D eigenvalue weighted by Crippen LogP contribution is 2.39. The van der Waals surface area contributed by atoms with Crippen molar-refractivity contribution in [2.75, 3.05) is 46.2 Å². The second-order valence-corrected chi connectivity index (χ2v) is 20.3. The van der Waals surface area contributed by atoms with Gasteiger partial charge in [0.2, 0.25) is 0 Å². The first-order chi connectivity index (χ1) is 35.6. The molecule has 0 aromatic heterocycles. The number of allylic oxidation sites excluding steroid dienone is 1. The SMILES string of the molecule is O=P(O)(O)/C=C/CCCO[C@@H]1[C@@H](O)[C@H]2O[C@H]3[C@H](O)[C@@H](O)[C@@H](O[C@H]4[C@H](O)[C@@H](O)[C@@H](O[C@H]5[C@H](O)[C@@H](O)[C@@H](O[C@H]6[C@H](O)[C@@H](O)[C@@H](O[C@H]7[C@H](O)[C@@H](O)[C@@H](O[C@H]1[C@@H](CO)O2)O[C@@H]7CO)O[C@@H]6CO)O[C@@H]5CO)O[C@@H]4CO)O[C@@H]3CO. The van der Waals surface area contributed by atoms with Gasteiger partial charge in [0.15, 0.2) is 37.7 Å². The molecular weight excluding hydrogens is 1050 g/mol. The molecule has 34 heteroatoms. The van der Waals surface area contributed by atoms with Gasteiger partial charge in [-0.2, -0.15) is 0 Å². The van der Waals surface area contributed by atoms with Crippen LogP contribution < -0.4 is 0 Å². The maximum Gasteiger partial charge on any atom is 0.348 e. The van der Waals surface area contributed by atoms with Crippen LogP contribution in [0.15, 0.2) is 11.9 Å². The minimum absolute atomic E-state index is 0.00762. The van der Waals surface area contributed by atoms with E-state index in [0.717, 1.165) is 6.08 Å². The number of aliphatic hydroxyl groups is 17. The summed E-state index contributed by atoms with van der Waals surface area (Å²) < 4.78 is 86.5. The van der Waals surface area contributed by atoms with Crippen molar-refractivity contribution < 1.29 is 163 Å². The molecule has 22 rings (SSSR count). The van der Waals surface area contributed by atoms with E-state index in [2.05, 4.69) is 0 Å². The van der Waals surface area contributed by atoms with Crippen LogP contribution in [0.1, 0.15) is 12.8 Å². The first-order valence-electron chi connectivity index (χ1n) is 24.0. The molecule has 22 fully saturated rings. The van der Waals surface area contributed by atoms with Crippen molar-refractivity contribution in [2.24, 2.45) is 0 Å². The number of unbranched alkanes of at least 4 members (excludes halogenated alkanes) is 1. The summed E-state index contributed by atoms with van der Waals surface area (Å²) in [7, 11) is -4.53. The van der Waals surface area contributed by atoms with E-state index in [-0.39, 0.29) is 19.4 Å². The molecule has 30 atom stereocenters. The van der Waals surface area contributed by atoms with E-state index in [1.807, 2.05) is 0 Å². The van der Waals surface area contributed by atoms with Gasteiger partial charge >= 0.3 is 7.60 Å². The van der Waals surface area contributed by atoms with E-state index in [1.165, 1.54) is 0 Å². The highest BCUT2D eigenvalue weighted by Gasteiger charge is 2.59. The molecule has 0 spiro atoms. The number of hydrogen-bond donors (Lipinski definition) is 19. The molecule has 0 aromatic carbocycles. The van der Waals surface area contributed by atoms with Crippen LogP contribution in [0.2, 0.25) is 0 Å². The molecule has 75 heavy (non-hydrogen) atoms. The van der Waals surface area contributed by atoms with E-state index in [0.29, 0.717) is 5.82 Å². The van der Waals surface area contributed by atoms with Crippen LogP contribution in [0.5, 0.6) is 0 Å². The predicted octanol–water partition coefficient (Wildman–Crippen LogP) is -11.6. The second-order valence-electron chi connectivity index (χ2n) is 18.8. The van der Waals surface area contributed by atoms with Crippen molar-refractivity contribution >= 4 is 7.60 Å². The molecule has 22 aliphatic heterocycles. The second kappa shape index (κ2) is 26.5. The summed E-state index contributed by atoms with van der Waals surface area (Å²) in [5.74, 6) is 0.644. The van der Waals surface area contributed by atoms with Crippen molar-refractivity contribution in [3.05, 3.63) is 11.9 Å². The topological polar surface area (TPSA) is 521 Å². The fourth-order valence-electron chi connectivity index (χ4n) is 9.74. The zero-order valence-corrected chi connectivity index (χ0v) is 40.4. The first kappa shape index (κ1) is 61.3. The number of aliphatic hydroxyl groups excluding tert-OH is 17. The molecule has 22 aliphatic rings. The van der Waals surface area contributed by atoms with E-state index < -0.39 is 231 Å². The van der Waals surface area contributed by atoms with Gasteiger partial charge in [-0.25, -0.2) is 0 Å². The Labute approximate surface area is 425 Å². The summed E-state index contributed by atoms with van der Waals surface area (Å²) >= 11 is 0. The Morgan fingerprint density at radius 2 is 0.587 bits per heavy atom. The fourth-order valence-corrected chi connectivity index (χ4v) is 10.2. The number of rotatable bonds is 12. The van der Waals surface area contributed by atoms with Crippen molar-refractivity contribution in [1.82, 2.24) is 0 Å². The number of hydrogen-bond acceptors (Lipinski definition) is 31. The molecule has 22 heterocycles. The highest BCUT2D eigenvalue weighted by atomic mass is 31.2. The van der Waals surface area contributed by atoms with Crippen LogP contribution in [-0.2, 0) is 66.1 Å². The molecule has 0 unspecified atom stereocenters. The Morgan fingerprint density at radius 3 is 0.840 bits per heavy atom. The normalized spacial score (nSPS) is 50.5. The fraction of sp³-hybridized carbons (Fsp3) is 0.951. The highest BCUT2D eigenvalue weighted by molar-refractivity contribution is 7.55. The molecule has 0 amide bonds. The zero-order chi connectivity index (χ0) is 54.8. The summed E-state index contributed by atoms with van der Waals surface area (Å²) in [5, 5.41) is 188. The Kier molecular flexibility index (Phi) is 21.7. The van der Waals surface area contributed by atoms with Crippen LogP contribution in [0.4, 0.5) is 0 Å². The summed E-state index contributed by atoms with van der Waals surface area (Å²) in [6, 6.07) is 0. The Morgan fingerprint density at radius 1 is 0.347 bits per heavy atom. The van der Waals surface area contributed by atoms with Gasteiger partial charge in [-0.05, 0) is 12.8 Å². The smallest absolute Gasteiger partial charge is 0.348 e. The van der Waals surface area contributed by atoms with Gasteiger partial charge in [-0.3, -0.25) is 4.57 Å². The summed E-state index contributed by atoms with van der Waals surface area (Å²) in [6.45, 7) is -6.45. The van der Waals surface area contributed by atoms with E-state index in [4.69, 9.17) is 61.6 Å². The lowest BCUT2D eigenvalue weighted by molar-refractivity contribution is -0.404. The summed E-state index contributed by atoms with van der Waals surface area (Å²) in [4.78, 5) is 18.4. The number of ether oxygens (including phenoxy) is 13. The monoisotopic (exact) mass is 1120 g/mol. The Balaban J connectivity index is 1.21. The molecule has 436 valence electrons. The minimum Gasteiger partial charge on any atom is -0.394 e. The zero-order valence-electron chi connectivity index (χ0n) is 39.5. The summed E-state index contributed by atoms with van der Waals surface area (Å²) in [5.41, 5.74) is 0. The minimum atomic E-state index is -4.53. The van der Waals surface area contributed by atoms with E-state index >= 15 is 0 Å². The van der Waals surface area contributed by atoms with Crippen LogP contribution in [0, 0.1) is 0 Å². The van der Waals surface area contributed by atoms with Gasteiger partial charge in [0, 0.05) is 12.4 Å². The maximum atomic E-state index is 11.8. The summed E-state index contributed by atoms with van der Waals surface area (Å²) in [6.07, 6.45) is -57.5. The van der Waals surface area contributed by atoms with Gasteiger partial charge in [-0.15, -0.1) is 0 Å². The average Bonchev–Trinajstić information content (AvgIpc) is 3.38. The van der Waals surface area contributed by atoms with Gasteiger partial charge in [0.05, 0.1) is 39.6 Å². The van der Waals surface area contributed by atoms with Gasteiger partial charge < -0.3 is 158 Å². The third-order valence-corrected chi connectivity index (χ3v) is 14.4. The molecule has 12 bridgehead atoms. The first-order valence-corrected chi connectivity index (χ1v) is 25.6. The van der Waals surface area contributed by atoms with Crippen molar-refractivity contribution in [1.29, 1.82) is 0 Å². The molecule has 33 nitrogen and oxygen atoms in total. The standard InChI is InChI=1S/C41H69O33P/c42-6-12-29-18(48)23(53)36(63-12)70-30-13(7-43)65-38(25(55)20(30)50)72-32-15(9-45)67-40(27(57)22(32)52)74-34-17(11-47)68-41(28(58)35(34)62-4-2-1-3-5-75(59,60)61)73-33-16(10-46)66-39(26(56)21(33)51)71-31-14(8-44)64-37(69-29)24(54)19(31)49/h3,5,12-58H,1-2,4,6-11H2,(H2,59,60,61)/b5-3+/t12-,13-,14-,15-,16-,17-,18-,19-,20-,21-,22-,23-,24-,25-,26-,27-,28-,29-,30-,31-,32-,33-,34+,35-,36-,37-,38-,39-,40-,41-/m1/s1. The molecule has 19 N–H and O–H groups in total. The molecule has 0 saturated carbocycles. The average molecular weight is 1120 g/mol. The molecule has 22 saturated heterocycles. The molecule has 0 aromatic rings. The quantitative estimate of drug-likeness (QED) is 0.0637. The van der Waals surface area contributed by atoms with Crippen molar-refractivity contribution in [2.45, 2.75) is 197 Å². The van der Waals surface area contributed by atoms with Crippen LogP contribution in [0.3, 0.4) is 0 Å². The van der Waals surface area contributed by atoms with Crippen LogP contribution >= 0.6 is 7.60 Å². The van der Waals surface area contributed by atoms with E-state index in [9.17, 15) is 101 Å². The largest absolute Gasteiger partial charge is 0.394 e. The molecule has 0 radical (unpaired) electrons. The van der Waals surface area contributed by atoms with Crippen molar-refractivity contribution in [3.8, 4) is 0 Å². The lowest BCUT2D eigenvalue weighted by Crippen LogP contribution is -2.69. The Bertz CT molecular complexity index is 1830. The van der Waals surface area contributed by atoms with Gasteiger partial charge in [0.1, 0.15) is 146 Å². The Hall–Kier alpha value is -1.31. The van der Waals surface area contributed by atoms with Crippen molar-refractivity contribution in [3.63, 3.8) is 0 Å². The molecular formula is C41H69O33P. The van der Waals surface area contributed by atoms with E-state index in [1.54, 1.807) is 0 Å². The predicted molar refractivity (Wildman–Crippen MR) is 230 cm³/mol. The van der Waals surface area contributed by atoms with Crippen LogP contribution in [-0.4, -0.2) is 327 Å². The third kappa shape index (κ3) is 13.4. The van der Waals surface area contributed by atoms with Crippen LogP contribution in [0.25, 0.3) is 0 Å². The lowest BCUT2D eigenvalue weighted by atomic mass is 9.94. The maximum absolute atomic E-state index is 11.8. The van der Waals surface area contributed by atoms with Gasteiger partial charge in [0.25, 0.3) is 0 Å².